The number of carbonyl (C=O) groups excluding carboxylic acids is 4. The largest absolute Gasteiger partial charge is 0.480 e. The van der Waals surface area contributed by atoms with Crippen molar-refractivity contribution in [3.8, 4) is 0 Å². The Morgan fingerprint density at radius 1 is 0.794 bits per heavy atom. The van der Waals surface area contributed by atoms with Gasteiger partial charge in [-0.05, 0) is 30.6 Å². The number of hydrogen-bond donors (Lipinski definition) is 6. The number of nitrogens with one attached hydrogen (secondary N) is 3. The lowest BCUT2D eigenvalue weighted by molar-refractivity contribution is -0.144. The number of nitrogens with two attached hydrogens (primary N) is 2. The smallest absolute Gasteiger partial charge is 0.326 e. The molecule has 0 saturated carbocycles. The molecule has 0 heterocycles. The van der Waals surface area contributed by atoms with Gasteiger partial charge in [0.25, 0.3) is 0 Å². The van der Waals surface area contributed by atoms with Crippen molar-refractivity contribution in [3.63, 3.8) is 0 Å². The van der Waals surface area contributed by atoms with E-state index in [2.05, 4.69) is 16.0 Å². The zero-order valence-electron chi connectivity index (χ0n) is 21.2. The molecule has 0 aliphatic rings. The standard InChI is InChI=1S/C23H43N5O6/c1-7-13(5)18(27-20(30)15(24)9-10-17(25)29)22(32)26-16(11-12(3)4)21(31)28-19(23(33)34)14(6)8-2/h12-16,18-19H,7-11,24H2,1-6H3,(H2,25,29)(H,26,32)(H,27,30)(H,28,31)(H,33,34). The van der Waals surface area contributed by atoms with Crippen LogP contribution < -0.4 is 27.4 Å². The van der Waals surface area contributed by atoms with Crippen LogP contribution in [0, 0.1) is 17.8 Å². The van der Waals surface area contributed by atoms with Gasteiger partial charge in [0.2, 0.25) is 23.6 Å². The fraction of sp³-hybridized carbons (Fsp3) is 0.783. The second-order valence-corrected chi connectivity index (χ2v) is 9.38. The molecule has 4 amide bonds. The van der Waals surface area contributed by atoms with Crippen LogP contribution in [0.5, 0.6) is 0 Å². The summed E-state index contributed by atoms with van der Waals surface area (Å²) < 4.78 is 0. The lowest BCUT2D eigenvalue weighted by Crippen LogP contribution is -2.59. The maximum Gasteiger partial charge on any atom is 0.326 e. The highest BCUT2D eigenvalue weighted by molar-refractivity contribution is 5.94. The molecule has 0 fully saturated rings. The molecule has 34 heavy (non-hydrogen) atoms. The Morgan fingerprint density at radius 3 is 1.74 bits per heavy atom. The predicted octanol–water partition coefficient (Wildman–Crippen LogP) is 0.257. The van der Waals surface area contributed by atoms with Crippen molar-refractivity contribution in [2.45, 2.75) is 97.8 Å². The number of carboxylic acids is 1. The number of amides is 4. The molecule has 11 nitrogen and oxygen atoms in total. The van der Waals surface area contributed by atoms with Gasteiger partial charge in [0, 0.05) is 6.42 Å². The van der Waals surface area contributed by atoms with Crippen LogP contribution >= 0.6 is 0 Å². The zero-order chi connectivity index (χ0) is 26.6. The number of primary amides is 1. The van der Waals surface area contributed by atoms with Crippen molar-refractivity contribution >= 4 is 29.6 Å². The van der Waals surface area contributed by atoms with Gasteiger partial charge in [-0.25, -0.2) is 4.79 Å². The molecule has 0 spiro atoms. The monoisotopic (exact) mass is 485 g/mol. The Labute approximate surface area is 202 Å². The van der Waals surface area contributed by atoms with E-state index >= 15 is 0 Å². The van der Waals surface area contributed by atoms with E-state index in [1.165, 1.54) is 0 Å². The topological polar surface area (TPSA) is 194 Å². The van der Waals surface area contributed by atoms with E-state index in [9.17, 15) is 29.1 Å². The maximum atomic E-state index is 13.1. The van der Waals surface area contributed by atoms with Crippen LogP contribution in [0.3, 0.4) is 0 Å². The molecular formula is C23H43N5O6. The van der Waals surface area contributed by atoms with Gasteiger partial charge < -0.3 is 32.5 Å². The lowest BCUT2D eigenvalue weighted by Gasteiger charge is -2.29. The first-order valence-corrected chi connectivity index (χ1v) is 11.9. The van der Waals surface area contributed by atoms with Crippen LogP contribution in [-0.2, 0) is 24.0 Å². The second kappa shape index (κ2) is 15.3. The first-order chi connectivity index (χ1) is 15.7. The van der Waals surface area contributed by atoms with Gasteiger partial charge in [-0.15, -0.1) is 0 Å². The molecule has 8 N–H and O–H groups in total. The maximum absolute atomic E-state index is 13.1. The first-order valence-electron chi connectivity index (χ1n) is 11.9. The van der Waals surface area contributed by atoms with Crippen molar-refractivity contribution in [1.29, 1.82) is 0 Å². The van der Waals surface area contributed by atoms with Crippen molar-refractivity contribution < 1.29 is 29.1 Å². The molecule has 0 aromatic rings. The zero-order valence-corrected chi connectivity index (χ0v) is 21.2. The number of hydrogen-bond acceptors (Lipinski definition) is 6. The minimum atomic E-state index is -1.15. The van der Waals surface area contributed by atoms with Crippen molar-refractivity contribution in [2.24, 2.45) is 29.2 Å². The summed E-state index contributed by atoms with van der Waals surface area (Å²) in [6.07, 6.45) is 1.37. The molecule has 6 unspecified atom stereocenters. The summed E-state index contributed by atoms with van der Waals surface area (Å²) in [5.41, 5.74) is 10.9. The fourth-order valence-electron chi connectivity index (χ4n) is 3.29. The fourth-order valence-corrected chi connectivity index (χ4v) is 3.29. The Morgan fingerprint density at radius 2 is 1.29 bits per heavy atom. The minimum absolute atomic E-state index is 0.0294. The minimum Gasteiger partial charge on any atom is -0.480 e. The Balaban J connectivity index is 5.57. The van der Waals surface area contributed by atoms with Crippen LogP contribution in [0.1, 0.15) is 73.6 Å². The van der Waals surface area contributed by atoms with Crippen LogP contribution in [-0.4, -0.2) is 58.9 Å². The van der Waals surface area contributed by atoms with E-state index in [-0.39, 0.29) is 37.0 Å². The highest BCUT2D eigenvalue weighted by Gasteiger charge is 2.33. The molecule has 0 aliphatic carbocycles. The predicted molar refractivity (Wildman–Crippen MR) is 128 cm³/mol. The van der Waals surface area contributed by atoms with E-state index in [0.29, 0.717) is 12.8 Å². The lowest BCUT2D eigenvalue weighted by atomic mass is 9.95. The van der Waals surface area contributed by atoms with E-state index in [4.69, 9.17) is 11.5 Å². The highest BCUT2D eigenvalue weighted by Crippen LogP contribution is 2.13. The molecule has 0 rings (SSSR count). The van der Waals surface area contributed by atoms with Crippen LogP contribution in [0.25, 0.3) is 0 Å². The van der Waals surface area contributed by atoms with Crippen LogP contribution in [0.15, 0.2) is 0 Å². The molecule has 0 aromatic heterocycles. The van der Waals surface area contributed by atoms with Gasteiger partial charge in [-0.2, -0.15) is 0 Å². The molecule has 196 valence electrons. The molecule has 11 heteroatoms. The van der Waals surface area contributed by atoms with Gasteiger partial charge in [-0.1, -0.05) is 54.4 Å². The Bertz CT molecular complexity index is 714. The summed E-state index contributed by atoms with van der Waals surface area (Å²) in [7, 11) is 0. The van der Waals surface area contributed by atoms with Crippen LogP contribution in [0.4, 0.5) is 0 Å². The molecule has 0 aromatic carbocycles. The van der Waals surface area contributed by atoms with E-state index in [1.807, 2.05) is 27.7 Å². The highest BCUT2D eigenvalue weighted by atomic mass is 16.4. The van der Waals surface area contributed by atoms with Gasteiger partial charge in [0.1, 0.15) is 18.1 Å². The molecule has 0 aliphatic heterocycles. The molecule has 0 radical (unpaired) electrons. The van der Waals surface area contributed by atoms with Gasteiger partial charge in [0.05, 0.1) is 6.04 Å². The molecule has 0 bridgehead atoms. The third kappa shape index (κ3) is 11.0. The number of aliphatic carboxylic acids is 1. The average Bonchev–Trinajstić information content (AvgIpc) is 2.76. The van der Waals surface area contributed by atoms with E-state index < -0.39 is 53.8 Å². The quantitative estimate of drug-likeness (QED) is 0.180. The third-order valence-corrected chi connectivity index (χ3v) is 5.95. The van der Waals surface area contributed by atoms with E-state index in [0.717, 1.165) is 0 Å². The molecule has 6 atom stereocenters. The average molecular weight is 486 g/mol. The SMILES string of the molecule is CCC(C)C(NC(=O)C(CC(C)C)NC(=O)C(NC(=O)C(N)CCC(N)=O)C(C)CC)C(=O)O. The summed E-state index contributed by atoms with van der Waals surface area (Å²) in [6.45, 7) is 10.9. The second-order valence-electron chi connectivity index (χ2n) is 9.38. The first kappa shape index (κ1) is 31.3. The summed E-state index contributed by atoms with van der Waals surface area (Å²) in [5.74, 6) is -4.04. The van der Waals surface area contributed by atoms with Crippen molar-refractivity contribution in [2.75, 3.05) is 0 Å². The number of carboxylic acid groups (broad SMARTS) is 1. The van der Waals surface area contributed by atoms with Crippen LogP contribution in [0.2, 0.25) is 0 Å². The Kier molecular flexibility index (Phi) is 14.1. The summed E-state index contributed by atoms with van der Waals surface area (Å²) in [6, 6.07) is -4.05. The summed E-state index contributed by atoms with van der Waals surface area (Å²) in [4.78, 5) is 61.2. The van der Waals surface area contributed by atoms with Gasteiger partial charge >= 0.3 is 5.97 Å². The van der Waals surface area contributed by atoms with Crippen molar-refractivity contribution in [3.05, 3.63) is 0 Å². The van der Waals surface area contributed by atoms with Gasteiger partial charge in [-0.3, -0.25) is 19.2 Å². The number of carbonyl (C=O) groups is 5. The Hall–Kier alpha value is -2.69. The van der Waals surface area contributed by atoms with Crippen molar-refractivity contribution in [1.82, 2.24) is 16.0 Å². The summed E-state index contributed by atoms with van der Waals surface area (Å²) in [5, 5.41) is 17.3. The third-order valence-electron chi connectivity index (χ3n) is 5.95. The number of rotatable bonds is 16. The van der Waals surface area contributed by atoms with Gasteiger partial charge in [0.15, 0.2) is 0 Å². The molecular weight excluding hydrogens is 442 g/mol. The van der Waals surface area contributed by atoms with E-state index in [1.54, 1.807) is 13.8 Å². The summed E-state index contributed by atoms with van der Waals surface area (Å²) >= 11 is 0. The molecule has 0 saturated heterocycles. The normalized spacial score (nSPS) is 16.5.